The normalized spacial score (nSPS) is 10.6. The number of carbonyl (C=O) groups is 1. The van der Waals surface area contributed by atoms with Crippen LogP contribution in [0, 0.1) is 13.8 Å². The maximum Gasteiger partial charge on any atom is 0.271 e. The number of rotatable bonds is 4. The lowest BCUT2D eigenvalue weighted by molar-refractivity contribution is 0.0948. The standard InChI is InChI=1S/C16H21N3O/c1-5-8-17-16(20)14-10-15(19(4)18-14)13-9-11(2)6-7-12(13)3/h6-7,9-10H,5,8H2,1-4H3,(H,17,20). The van der Waals surface area contributed by atoms with Crippen LogP contribution in [0.3, 0.4) is 0 Å². The lowest BCUT2D eigenvalue weighted by Crippen LogP contribution is -2.24. The first-order valence-electron chi connectivity index (χ1n) is 6.92. The van der Waals surface area contributed by atoms with Crippen LogP contribution in [0.15, 0.2) is 24.3 Å². The molecule has 2 rings (SSSR count). The zero-order valence-electron chi connectivity index (χ0n) is 12.5. The molecule has 0 saturated carbocycles. The molecule has 1 N–H and O–H groups in total. The Morgan fingerprint density at radius 3 is 2.75 bits per heavy atom. The maximum absolute atomic E-state index is 12.0. The molecule has 0 saturated heterocycles. The van der Waals surface area contributed by atoms with Crippen molar-refractivity contribution in [1.82, 2.24) is 15.1 Å². The molecule has 0 fully saturated rings. The summed E-state index contributed by atoms with van der Waals surface area (Å²) in [6, 6.07) is 8.16. The van der Waals surface area contributed by atoms with Crippen LogP contribution in [0.5, 0.6) is 0 Å². The summed E-state index contributed by atoms with van der Waals surface area (Å²) in [6.07, 6.45) is 0.919. The highest BCUT2D eigenvalue weighted by Gasteiger charge is 2.14. The minimum atomic E-state index is -0.112. The van der Waals surface area contributed by atoms with Gasteiger partial charge in [0.15, 0.2) is 5.69 Å². The van der Waals surface area contributed by atoms with Crippen LogP contribution in [0.4, 0.5) is 0 Å². The van der Waals surface area contributed by atoms with E-state index >= 15 is 0 Å². The first-order valence-corrected chi connectivity index (χ1v) is 6.92. The number of hydrogen-bond donors (Lipinski definition) is 1. The van der Waals surface area contributed by atoms with E-state index in [0.717, 1.165) is 17.7 Å². The number of aromatic nitrogens is 2. The highest BCUT2D eigenvalue weighted by molar-refractivity contribution is 5.93. The number of aryl methyl sites for hydroxylation is 3. The van der Waals surface area contributed by atoms with Gasteiger partial charge in [0.05, 0.1) is 5.69 Å². The summed E-state index contributed by atoms with van der Waals surface area (Å²) in [4.78, 5) is 12.0. The van der Waals surface area contributed by atoms with Crippen molar-refractivity contribution in [2.45, 2.75) is 27.2 Å². The fraction of sp³-hybridized carbons (Fsp3) is 0.375. The smallest absolute Gasteiger partial charge is 0.271 e. The summed E-state index contributed by atoms with van der Waals surface area (Å²) in [6.45, 7) is 6.83. The average Bonchev–Trinajstić information content (AvgIpc) is 2.81. The largest absolute Gasteiger partial charge is 0.351 e. The third kappa shape index (κ3) is 2.90. The van der Waals surface area contributed by atoms with Crippen molar-refractivity contribution in [2.75, 3.05) is 6.54 Å². The minimum Gasteiger partial charge on any atom is -0.351 e. The summed E-state index contributed by atoms with van der Waals surface area (Å²) < 4.78 is 1.77. The molecule has 4 heteroatoms. The minimum absolute atomic E-state index is 0.112. The zero-order valence-corrected chi connectivity index (χ0v) is 12.5. The second-order valence-corrected chi connectivity index (χ2v) is 5.11. The van der Waals surface area contributed by atoms with Gasteiger partial charge >= 0.3 is 0 Å². The summed E-state index contributed by atoms with van der Waals surface area (Å²) >= 11 is 0. The fourth-order valence-corrected chi connectivity index (χ4v) is 2.17. The maximum atomic E-state index is 12.0. The number of carbonyl (C=O) groups excluding carboxylic acids is 1. The van der Waals surface area contributed by atoms with Gasteiger partial charge in [-0.05, 0) is 38.0 Å². The third-order valence-electron chi connectivity index (χ3n) is 3.32. The molecule has 4 nitrogen and oxygen atoms in total. The lowest BCUT2D eigenvalue weighted by atomic mass is 10.0. The van der Waals surface area contributed by atoms with E-state index in [1.54, 1.807) is 4.68 Å². The van der Waals surface area contributed by atoms with Gasteiger partial charge in [-0.2, -0.15) is 5.10 Å². The first kappa shape index (κ1) is 14.3. The van der Waals surface area contributed by atoms with E-state index in [2.05, 4.69) is 42.5 Å². The second-order valence-electron chi connectivity index (χ2n) is 5.11. The highest BCUT2D eigenvalue weighted by Crippen LogP contribution is 2.24. The number of nitrogens with one attached hydrogen (secondary N) is 1. The van der Waals surface area contributed by atoms with Crippen LogP contribution in [-0.2, 0) is 7.05 Å². The summed E-state index contributed by atoms with van der Waals surface area (Å²) in [7, 11) is 1.87. The Hall–Kier alpha value is -2.10. The lowest BCUT2D eigenvalue weighted by Gasteiger charge is -2.06. The molecule has 0 radical (unpaired) electrons. The Balaban J connectivity index is 2.36. The molecule has 0 bridgehead atoms. The SMILES string of the molecule is CCCNC(=O)c1cc(-c2cc(C)ccc2C)n(C)n1. The molecule has 0 spiro atoms. The van der Waals surface area contributed by atoms with Gasteiger partial charge in [0.1, 0.15) is 0 Å². The molecule has 0 aliphatic heterocycles. The second kappa shape index (κ2) is 5.90. The van der Waals surface area contributed by atoms with E-state index in [-0.39, 0.29) is 5.91 Å². The van der Waals surface area contributed by atoms with Crippen molar-refractivity contribution in [3.05, 3.63) is 41.1 Å². The molecule has 106 valence electrons. The van der Waals surface area contributed by atoms with Gasteiger partial charge in [-0.1, -0.05) is 24.6 Å². The first-order chi connectivity index (χ1) is 9.52. The Kier molecular flexibility index (Phi) is 4.23. The molecule has 1 heterocycles. The Morgan fingerprint density at radius 2 is 2.05 bits per heavy atom. The van der Waals surface area contributed by atoms with Crippen molar-refractivity contribution in [2.24, 2.45) is 7.05 Å². The number of nitrogens with zero attached hydrogens (tertiary/aromatic N) is 2. The predicted molar refractivity (Wildman–Crippen MR) is 80.7 cm³/mol. The molecular weight excluding hydrogens is 250 g/mol. The monoisotopic (exact) mass is 271 g/mol. The van der Waals surface area contributed by atoms with Crippen molar-refractivity contribution in [1.29, 1.82) is 0 Å². The topological polar surface area (TPSA) is 46.9 Å². The van der Waals surface area contributed by atoms with Crippen LogP contribution in [0.2, 0.25) is 0 Å². The Labute approximate surface area is 119 Å². The van der Waals surface area contributed by atoms with Crippen LogP contribution >= 0.6 is 0 Å². The van der Waals surface area contributed by atoms with Crippen LogP contribution < -0.4 is 5.32 Å². The van der Waals surface area contributed by atoms with Gasteiger partial charge in [-0.15, -0.1) is 0 Å². The average molecular weight is 271 g/mol. The van der Waals surface area contributed by atoms with E-state index < -0.39 is 0 Å². The Bertz CT molecular complexity index is 629. The molecular formula is C16H21N3O. The van der Waals surface area contributed by atoms with Crippen LogP contribution in [0.1, 0.15) is 35.0 Å². The zero-order chi connectivity index (χ0) is 14.7. The fourth-order valence-electron chi connectivity index (χ4n) is 2.17. The van der Waals surface area contributed by atoms with Gasteiger partial charge < -0.3 is 5.32 Å². The van der Waals surface area contributed by atoms with Gasteiger partial charge in [0, 0.05) is 19.2 Å². The van der Waals surface area contributed by atoms with Gasteiger partial charge in [0.25, 0.3) is 5.91 Å². The van der Waals surface area contributed by atoms with E-state index in [4.69, 9.17) is 0 Å². The van der Waals surface area contributed by atoms with Crippen LogP contribution in [0.25, 0.3) is 11.3 Å². The molecule has 20 heavy (non-hydrogen) atoms. The van der Waals surface area contributed by atoms with Gasteiger partial charge in [0.2, 0.25) is 0 Å². The Morgan fingerprint density at radius 1 is 1.30 bits per heavy atom. The molecule has 1 amide bonds. The summed E-state index contributed by atoms with van der Waals surface area (Å²) in [5.74, 6) is -0.112. The number of amides is 1. The molecule has 1 aromatic carbocycles. The van der Waals surface area contributed by atoms with Crippen molar-refractivity contribution in [3.8, 4) is 11.3 Å². The van der Waals surface area contributed by atoms with Gasteiger partial charge in [-0.3, -0.25) is 9.48 Å². The van der Waals surface area contributed by atoms with E-state index in [1.165, 1.54) is 11.1 Å². The third-order valence-corrected chi connectivity index (χ3v) is 3.32. The molecule has 0 aliphatic rings. The molecule has 0 unspecified atom stereocenters. The molecule has 0 aliphatic carbocycles. The number of benzene rings is 1. The van der Waals surface area contributed by atoms with Crippen molar-refractivity contribution < 1.29 is 4.79 Å². The predicted octanol–water partition coefficient (Wildman–Crippen LogP) is 2.84. The van der Waals surface area contributed by atoms with E-state index in [1.807, 2.05) is 20.0 Å². The molecule has 2 aromatic rings. The molecule has 1 aromatic heterocycles. The molecule has 0 atom stereocenters. The number of hydrogen-bond acceptors (Lipinski definition) is 2. The summed E-state index contributed by atoms with van der Waals surface area (Å²) in [5, 5.41) is 7.17. The van der Waals surface area contributed by atoms with Crippen molar-refractivity contribution in [3.63, 3.8) is 0 Å². The van der Waals surface area contributed by atoms with Gasteiger partial charge in [-0.25, -0.2) is 0 Å². The highest BCUT2D eigenvalue weighted by atomic mass is 16.1. The van der Waals surface area contributed by atoms with Crippen LogP contribution in [-0.4, -0.2) is 22.2 Å². The van der Waals surface area contributed by atoms with E-state index in [9.17, 15) is 4.79 Å². The quantitative estimate of drug-likeness (QED) is 0.929. The van der Waals surface area contributed by atoms with E-state index in [0.29, 0.717) is 12.2 Å². The van der Waals surface area contributed by atoms with Crippen molar-refractivity contribution >= 4 is 5.91 Å². The summed E-state index contributed by atoms with van der Waals surface area (Å²) in [5.41, 5.74) is 4.93.